The molecule has 24 heavy (non-hydrogen) atoms. The standard InChI is InChI=1S/C24H20/c1-2-6-17(7-3-1)20-11-10-19-13-14-22-21-9-5-4-8-18(21)12-15-23(22)24(19)16-20/h1-9,13-16,20H,10-12H2. The highest BCUT2D eigenvalue weighted by molar-refractivity contribution is 5.74. The van der Waals surface area contributed by atoms with Gasteiger partial charge in [-0.25, -0.2) is 0 Å². The third kappa shape index (κ3) is 2.14. The summed E-state index contributed by atoms with van der Waals surface area (Å²) in [4.78, 5) is 0. The fourth-order valence-electron chi connectivity index (χ4n) is 4.28. The molecule has 0 heteroatoms. The van der Waals surface area contributed by atoms with Crippen molar-refractivity contribution in [2.24, 2.45) is 0 Å². The van der Waals surface area contributed by atoms with Crippen molar-refractivity contribution in [2.75, 3.05) is 0 Å². The quantitative estimate of drug-likeness (QED) is 0.632. The van der Waals surface area contributed by atoms with E-state index < -0.39 is 0 Å². The van der Waals surface area contributed by atoms with Crippen molar-refractivity contribution >= 4 is 12.2 Å². The zero-order valence-corrected chi connectivity index (χ0v) is 13.7. The molecule has 2 aliphatic rings. The van der Waals surface area contributed by atoms with E-state index in [0.29, 0.717) is 5.92 Å². The average Bonchev–Trinajstić information content (AvgIpc) is 2.67. The van der Waals surface area contributed by atoms with Crippen LogP contribution in [0.5, 0.6) is 0 Å². The largest absolute Gasteiger partial charge is 0.0716 e. The minimum atomic E-state index is 0.538. The number of hydrogen-bond donors (Lipinski definition) is 0. The highest BCUT2D eigenvalue weighted by atomic mass is 14.2. The Hall–Kier alpha value is -2.60. The third-order valence-electron chi connectivity index (χ3n) is 5.53. The van der Waals surface area contributed by atoms with Crippen molar-refractivity contribution in [1.82, 2.24) is 0 Å². The maximum Gasteiger partial charge on any atom is 0.00304 e. The monoisotopic (exact) mass is 308 g/mol. The van der Waals surface area contributed by atoms with Crippen molar-refractivity contribution < 1.29 is 0 Å². The van der Waals surface area contributed by atoms with E-state index in [1.807, 2.05) is 0 Å². The van der Waals surface area contributed by atoms with Crippen molar-refractivity contribution in [3.05, 3.63) is 93.9 Å². The van der Waals surface area contributed by atoms with Gasteiger partial charge in [-0.3, -0.25) is 0 Å². The zero-order valence-electron chi connectivity index (χ0n) is 13.7. The van der Waals surface area contributed by atoms with E-state index in [9.17, 15) is 0 Å². The fourth-order valence-corrected chi connectivity index (χ4v) is 4.28. The van der Waals surface area contributed by atoms with Gasteiger partial charge in [0.25, 0.3) is 0 Å². The van der Waals surface area contributed by atoms with E-state index in [4.69, 9.17) is 0 Å². The first-order chi connectivity index (χ1) is 11.9. The predicted molar refractivity (Wildman–Crippen MR) is 101 cm³/mol. The second-order valence-electron chi connectivity index (χ2n) is 6.89. The van der Waals surface area contributed by atoms with Crippen LogP contribution < -0.4 is 10.4 Å². The van der Waals surface area contributed by atoms with Crippen LogP contribution in [0, 0.1) is 0 Å². The SMILES string of the molecule is C1=c2c(ccc3c2=CCc2ccccc2-3)CCC1c1ccccc1. The van der Waals surface area contributed by atoms with Gasteiger partial charge in [-0.05, 0) is 57.5 Å². The molecule has 0 nitrogen and oxygen atoms in total. The molecule has 0 fully saturated rings. The van der Waals surface area contributed by atoms with Gasteiger partial charge in [-0.15, -0.1) is 0 Å². The van der Waals surface area contributed by atoms with Gasteiger partial charge < -0.3 is 0 Å². The minimum absolute atomic E-state index is 0.538. The van der Waals surface area contributed by atoms with Gasteiger partial charge in [-0.2, -0.15) is 0 Å². The summed E-state index contributed by atoms with van der Waals surface area (Å²) in [6.45, 7) is 0. The molecule has 3 aromatic carbocycles. The molecule has 1 unspecified atom stereocenters. The Balaban J connectivity index is 1.73. The lowest BCUT2D eigenvalue weighted by Gasteiger charge is -2.22. The van der Waals surface area contributed by atoms with Crippen molar-refractivity contribution in [3.8, 4) is 11.1 Å². The molecule has 0 amide bonds. The molecule has 0 heterocycles. The summed E-state index contributed by atoms with van der Waals surface area (Å²) in [6, 6.07) is 24.4. The molecule has 0 aliphatic heterocycles. The van der Waals surface area contributed by atoms with Gasteiger partial charge in [0, 0.05) is 5.92 Å². The van der Waals surface area contributed by atoms with E-state index in [1.54, 1.807) is 0 Å². The summed E-state index contributed by atoms with van der Waals surface area (Å²) in [5.74, 6) is 0.538. The molecule has 0 bridgehead atoms. The van der Waals surface area contributed by atoms with E-state index in [0.717, 1.165) is 6.42 Å². The Morgan fingerprint density at radius 2 is 1.50 bits per heavy atom. The lowest BCUT2D eigenvalue weighted by atomic mass is 9.82. The van der Waals surface area contributed by atoms with Crippen LogP contribution in [0.3, 0.4) is 0 Å². The van der Waals surface area contributed by atoms with Gasteiger partial charge in [-0.1, -0.05) is 78.9 Å². The molecule has 0 radical (unpaired) electrons. The Bertz CT molecular complexity index is 1030. The molecule has 0 aromatic heterocycles. The first kappa shape index (κ1) is 13.8. The van der Waals surface area contributed by atoms with Crippen LogP contribution >= 0.6 is 0 Å². The highest BCUT2D eigenvalue weighted by Crippen LogP contribution is 2.28. The van der Waals surface area contributed by atoms with Crippen LogP contribution in [-0.4, -0.2) is 0 Å². The van der Waals surface area contributed by atoms with Crippen LogP contribution in [0.25, 0.3) is 23.3 Å². The van der Waals surface area contributed by atoms with E-state index in [2.05, 4.69) is 78.9 Å². The maximum absolute atomic E-state index is 2.51. The number of benzene rings is 3. The van der Waals surface area contributed by atoms with Crippen LogP contribution in [0.2, 0.25) is 0 Å². The lowest BCUT2D eigenvalue weighted by Crippen LogP contribution is -2.35. The molecular weight excluding hydrogens is 288 g/mol. The Morgan fingerprint density at radius 1 is 0.667 bits per heavy atom. The van der Waals surface area contributed by atoms with Gasteiger partial charge in [0.15, 0.2) is 0 Å². The molecule has 0 saturated heterocycles. The first-order valence-corrected chi connectivity index (χ1v) is 8.87. The van der Waals surface area contributed by atoms with Crippen molar-refractivity contribution in [1.29, 1.82) is 0 Å². The van der Waals surface area contributed by atoms with Crippen LogP contribution in [0.1, 0.15) is 29.0 Å². The molecule has 0 N–H and O–H groups in total. The topological polar surface area (TPSA) is 0 Å². The third-order valence-corrected chi connectivity index (χ3v) is 5.53. The Labute approximate surface area is 142 Å². The fraction of sp³-hybridized carbons (Fsp3) is 0.167. The highest BCUT2D eigenvalue weighted by Gasteiger charge is 2.18. The normalized spacial score (nSPS) is 17.8. The van der Waals surface area contributed by atoms with Gasteiger partial charge in [0.1, 0.15) is 0 Å². The summed E-state index contributed by atoms with van der Waals surface area (Å²) in [5.41, 5.74) is 7.21. The molecule has 0 spiro atoms. The van der Waals surface area contributed by atoms with Crippen molar-refractivity contribution in [3.63, 3.8) is 0 Å². The Morgan fingerprint density at radius 3 is 2.42 bits per heavy atom. The molecule has 5 rings (SSSR count). The summed E-state index contributed by atoms with van der Waals surface area (Å²) in [7, 11) is 0. The molecule has 2 aliphatic carbocycles. The number of rotatable bonds is 1. The molecule has 1 atom stereocenters. The van der Waals surface area contributed by atoms with Crippen molar-refractivity contribution in [2.45, 2.75) is 25.2 Å². The minimum Gasteiger partial charge on any atom is -0.0716 e. The lowest BCUT2D eigenvalue weighted by molar-refractivity contribution is 0.739. The maximum atomic E-state index is 2.51. The number of hydrogen-bond acceptors (Lipinski definition) is 0. The molecular formula is C24H20. The summed E-state index contributed by atoms with van der Waals surface area (Å²) >= 11 is 0. The number of aryl methyl sites for hydroxylation is 1. The molecule has 3 aromatic rings. The second kappa shape index (κ2) is 5.49. The Kier molecular flexibility index (Phi) is 3.16. The summed E-state index contributed by atoms with van der Waals surface area (Å²) in [5, 5.41) is 2.92. The smallest absolute Gasteiger partial charge is 0.00304 e. The van der Waals surface area contributed by atoms with Crippen LogP contribution in [0.4, 0.5) is 0 Å². The van der Waals surface area contributed by atoms with Gasteiger partial charge >= 0.3 is 0 Å². The second-order valence-corrected chi connectivity index (χ2v) is 6.89. The van der Waals surface area contributed by atoms with Gasteiger partial charge in [0.05, 0.1) is 0 Å². The first-order valence-electron chi connectivity index (χ1n) is 8.87. The van der Waals surface area contributed by atoms with Crippen LogP contribution in [-0.2, 0) is 12.8 Å². The number of fused-ring (bicyclic) bond motifs is 5. The van der Waals surface area contributed by atoms with E-state index >= 15 is 0 Å². The summed E-state index contributed by atoms with van der Waals surface area (Å²) in [6.07, 6.45) is 8.38. The van der Waals surface area contributed by atoms with Gasteiger partial charge in [0.2, 0.25) is 0 Å². The molecule has 116 valence electrons. The molecule has 0 saturated carbocycles. The van der Waals surface area contributed by atoms with E-state index in [1.165, 1.54) is 51.1 Å². The predicted octanol–water partition coefficient (Wildman–Crippen LogP) is 4.20. The van der Waals surface area contributed by atoms with Crippen LogP contribution in [0.15, 0.2) is 66.7 Å². The average molecular weight is 308 g/mol. The zero-order chi connectivity index (χ0) is 15.9. The van der Waals surface area contributed by atoms with E-state index in [-0.39, 0.29) is 0 Å². The summed E-state index contributed by atoms with van der Waals surface area (Å²) < 4.78 is 0.